The van der Waals surface area contributed by atoms with E-state index in [1.54, 1.807) is 12.3 Å². The minimum absolute atomic E-state index is 0.0260. The summed E-state index contributed by atoms with van der Waals surface area (Å²) in [7, 11) is 0. The van der Waals surface area contributed by atoms with Crippen LogP contribution in [-0.2, 0) is 17.7 Å². The highest BCUT2D eigenvalue weighted by atomic mass is 32.1. The average molecular weight is 358 g/mol. The van der Waals surface area contributed by atoms with Gasteiger partial charge in [0.05, 0.1) is 13.2 Å². The Morgan fingerprint density at radius 3 is 2.56 bits per heavy atom. The van der Waals surface area contributed by atoms with Gasteiger partial charge in [-0.25, -0.2) is 9.78 Å². The number of amides is 1. The van der Waals surface area contributed by atoms with Crippen molar-refractivity contribution in [3.8, 4) is 0 Å². The lowest BCUT2D eigenvalue weighted by Gasteiger charge is -2.21. The Hall–Kier alpha value is -2.21. The number of esters is 1. The van der Waals surface area contributed by atoms with Crippen LogP contribution in [0.15, 0.2) is 29.6 Å². The normalized spacial score (nSPS) is 13.5. The van der Waals surface area contributed by atoms with Crippen LogP contribution in [0.2, 0.25) is 0 Å². The predicted octanol–water partition coefficient (Wildman–Crippen LogP) is 3.69. The van der Waals surface area contributed by atoms with Gasteiger partial charge in [0.2, 0.25) is 0 Å². The number of rotatable bonds is 7. The fourth-order valence-corrected chi connectivity index (χ4v) is 3.39. The minimum atomic E-state index is -0.413. The average Bonchev–Trinajstić information content (AvgIpc) is 3.37. The fourth-order valence-electron chi connectivity index (χ4n) is 2.63. The lowest BCUT2D eigenvalue weighted by atomic mass is 10.1. The number of hydrogen-bond acceptors (Lipinski definition) is 5. The van der Waals surface area contributed by atoms with E-state index >= 15 is 0 Å². The van der Waals surface area contributed by atoms with Crippen LogP contribution in [0.1, 0.15) is 58.1 Å². The molecule has 1 saturated carbocycles. The monoisotopic (exact) mass is 358 g/mol. The van der Waals surface area contributed by atoms with Gasteiger partial charge in [-0.2, -0.15) is 0 Å². The van der Waals surface area contributed by atoms with E-state index in [1.165, 1.54) is 16.9 Å². The third kappa shape index (κ3) is 4.25. The zero-order valence-electron chi connectivity index (χ0n) is 14.5. The Balaban J connectivity index is 1.73. The predicted molar refractivity (Wildman–Crippen MR) is 96.8 cm³/mol. The van der Waals surface area contributed by atoms with Gasteiger partial charge in [0.1, 0.15) is 5.01 Å². The summed E-state index contributed by atoms with van der Waals surface area (Å²) in [5, 5.41) is 2.45. The van der Waals surface area contributed by atoms with Crippen LogP contribution in [0.4, 0.5) is 0 Å². The molecule has 1 aliphatic rings. The molecule has 6 heteroatoms. The number of nitrogens with zero attached hydrogens (tertiary/aromatic N) is 2. The fraction of sp³-hybridized carbons (Fsp3) is 0.421. The molecule has 0 unspecified atom stereocenters. The molecule has 1 aliphatic carbocycles. The van der Waals surface area contributed by atoms with Crippen molar-refractivity contribution in [2.45, 2.75) is 45.7 Å². The van der Waals surface area contributed by atoms with Crippen LogP contribution in [0.25, 0.3) is 0 Å². The molecule has 1 fully saturated rings. The molecule has 1 aromatic heterocycles. The minimum Gasteiger partial charge on any atom is -0.461 e. The maximum absolute atomic E-state index is 12.9. The summed E-state index contributed by atoms with van der Waals surface area (Å²) in [6.45, 7) is 4.62. The standard InChI is InChI=1S/C19H22N2O3S/c1-3-13-5-7-14(8-6-13)18(22)21(15-9-10-15)11-17-20-16(12-25-17)19(23)24-4-2/h5-8,12,15H,3-4,9-11H2,1-2H3. The molecule has 1 heterocycles. The first-order valence-electron chi connectivity index (χ1n) is 8.63. The van der Waals surface area contributed by atoms with Gasteiger partial charge < -0.3 is 9.64 Å². The molecule has 0 radical (unpaired) electrons. The molecule has 132 valence electrons. The number of hydrogen-bond donors (Lipinski definition) is 0. The summed E-state index contributed by atoms with van der Waals surface area (Å²) in [5.74, 6) is -0.387. The Morgan fingerprint density at radius 2 is 1.96 bits per heavy atom. The van der Waals surface area contributed by atoms with Gasteiger partial charge in [-0.1, -0.05) is 19.1 Å². The van der Waals surface area contributed by atoms with Crippen molar-refractivity contribution < 1.29 is 14.3 Å². The molecule has 0 N–H and O–H groups in total. The zero-order chi connectivity index (χ0) is 17.8. The van der Waals surface area contributed by atoms with Crippen LogP contribution in [0, 0.1) is 0 Å². The van der Waals surface area contributed by atoms with Crippen LogP contribution in [0.3, 0.4) is 0 Å². The number of carbonyl (C=O) groups is 2. The van der Waals surface area contributed by atoms with Crippen LogP contribution in [0.5, 0.6) is 0 Å². The molecule has 2 aromatic rings. The first-order valence-corrected chi connectivity index (χ1v) is 9.51. The van der Waals surface area contributed by atoms with Crippen molar-refractivity contribution in [2.75, 3.05) is 6.61 Å². The van der Waals surface area contributed by atoms with E-state index in [-0.39, 0.29) is 11.9 Å². The molecule has 25 heavy (non-hydrogen) atoms. The molecule has 3 rings (SSSR count). The van der Waals surface area contributed by atoms with Crippen molar-refractivity contribution >= 4 is 23.2 Å². The van der Waals surface area contributed by atoms with Crippen LogP contribution >= 0.6 is 11.3 Å². The van der Waals surface area contributed by atoms with Crippen molar-refractivity contribution in [1.29, 1.82) is 0 Å². The molecule has 1 amide bonds. The summed E-state index contributed by atoms with van der Waals surface area (Å²) in [6, 6.07) is 8.06. The van der Waals surface area contributed by atoms with Gasteiger partial charge in [0, 0.05) is 17.0 Å². The number of benzene rings is 1. The van der Waals surface area contributed by atoms with Crippen LogP contribution in [-0.4, -0.2) is 34.4 Å². The Labute approximate surface area is 151 Å². The lowest BCUT2D eigenvalue weighted by Crippen LogP contribution is -2.32. The molecule has 1 aromatic carbocycles. The number of thiazole rings is 1. The second kappa shape index (κ2) is 7.78. The van der Waals surface area contributed by atoms with E-state index in [0.717, 1.165) is 24.3 Å². The molecule has 5 nitrogen and oxygen atoms in total. The number of ether oxygens (including phenoxy) is 1. The van der Waals surface area contributed by atoms with Crippen LogP contribution < -0.4 is 0 Å². The molecule has 0 atom stereocenters. The van der Waals surface area contributed by atoms with E-state index < -0.39 is 5.97 Å². The number of carbonyl (C=O) groups excluding carboxylic acids is 2. The molecule has 0 aliphatic heterocycles. The van der Waals surface area contributed by atoms with Gasteiger partial charge >= 0.3 is 5.97 Å². The Bertz CT molecular complexity index is 750. The smallest absolute Gasteiger partial charge is 0.357 e. The third-order valence-corrected chi connectivity index (χ3v) is 5.03. The van der Waals surface area contributed by atoms with Gasteiger partial charge in [-0.3, -0.25) is 4.79 Å². The SMILES string of the molecule is CCOC(=O)c1csc(CN(C(=O)c2ccc(CC)cc2)C2CC2)n1. The Morgan fingerprint density at radius 1 is 1.24 bits per heavy atom. The molecule has 0 saturated heterocycles. The number of aryl methyl sites for hydroxylation is 1. The maximum Gasteiger partial charge on any atom is 0.357 e. The first kappa shape index (κ1) is 17.6. The first-order chi connectivity index (χ1) is 12.1. The molecular formula is C19H22N2O3S. The van der Waals surface area contributed by atoms with E-state index in [1.807, 2.05) is 29.2 Å². The molecular weight excluding hydrogens is 336 g/mol. The van der Waals surface area contributed by atoms with E-state index in [9.17, 15) is 9.59 Å². The second-order valence-electron chi connectivity index (χ2n) is 6.06. The quantitative estimate of drug-likeness (QED) is 0.708. The number of aromatic nitrogens is 1. The van der Waals surface area contributed by atoms with Gasteiger partial charge in [0.25, 0.3) is 5.91 Å². The second-order valence-corrected chi connectivity index (χ2v) is 7.00. The summed E-state index contributed by atoms with van der Waals surface area (Å²) in [4.78, 5) is 30.8. The summed E-state index contributed by atoms with van der Waals surface area (Å²) in [5.41, 5.74) is 2.23. The van der Waals surface area contributed by atoms with Gasteiger partial charge in [-0.15, -0.1) is 11.3 Å². The maximum atomic E-state index is 12.9. The van der Waals surface area contributed by atoms with Crippen molar-refractivity contribution in [3.63, 3.8) is 0 Å². The molecule has 0 spiro atoms. The molecule has 0 bridgehead atoms. The van der Waals surface area contributed by atoms with Gasteiger partial charge in [-0.05, 0) is 43.9 Å². The summed E-state index contributed by atoms with van der Waals surface area (Å²) < 4.78 is 4.97. The van der Waals surface area contributed by atoms with Crippen molar-refractivity contribution in [2.24, 2.45) is 0 Å². The third-order valence-electron chi connectivity index (χ3n) is 4.20. The highest BCUT2D eigenvalue weighted by Crippen LogP contribution is 2.30. The van der Waals surface area contributed by atoms with Crippen molar-refractivity contribution in [3.05, 3.63) is 51.5 Å². The topological polar surface area (TPSA) is 59.5 Å². The highest BCUT2D eigenvalue weighted by Gasteiger charge is 2.33. The van der Waals surface area contributed by atoms with E-state index in [0.29, 0.717) is 24.4 Å². The van der Waals surface area contributed by atoms with Gasteiger partial charge in [0.15, 0.2) is 5.69 Å². The summed E-state index contributed by atoms with van der Waals surface area (Å²) in [6.07, 6.45) is 3.00. The van der Waals surface area contributed by atoms with E-state index in [4.69, 9.17) is 4.74 Å². The lowest BCUT2D eigenvalue weighted by molar-refractivity contribution is 0.0520. The van der Waals surface area contributed by atoms with Crippen molar-refractivity contribution in [1.82, 2.24) is 9.88 Å². The van der Waals surface area contributed by atoms with E-state index in [2.05, 4.69) is 11.9 Å². The Kier molecular flexibility index (Phi) is 5.48. The summed E-state index contributed by atoms with van der Waals surface area (Å²) >= 11 is 1.39. The highest BCUT2D eigenvalue weighted by molar-refractivity contribution is 7.09. The zero-order valence-corrected chi connectivity index (χ0v) is 15.3. The largest absolute Gasteiger partial charge is 0.461 e.